The molecule has 416 valence electrons. The van der Waals surface area contributed by atoms with E-state index in [2.05, 4.69) is 93.7 Å². The van der Waals surface area contributed by atoms with E-state index >= 15 is 0 Å². The van der Waals surface area contributed by atoms with E-state index in [1.54, 1.807) is 0 Å². The van der Waals surface area contributed by atoms with E-state index in [-0.39, 0.29) is 31.1 Å². The predicted molar refractivity (Wildman–Crippen MR) is 311 cm³/mol. The van der Waals surface area contributed by atoms with Crippen LogP contribution < -0.4 is 0 Å². The summed E-state index contributed by atoms with van der Waals surface area (Å²) >= 11 is 0. The van der Waals surface area contributed by atoms with Crippen molar-refractivity contribution >= 4 is 17.9 Å². The summed E-state index contributed by atoms with van der Waals surface area (Å²) in [6.07, 6.45) is 77.6. The second-order valence-corrected chi connectivity index (χ2v) is 20.6. The number of hydrogen-bond donors (Lipinski definition) is 0. The summed E-state index contributed by atoms with van der Waals surface area (Å²) in [5.74, 6) is -0.880. The van der Waals surface area contributed by atoms with E-state index in [1.165, 1.54) is 161 Å². The van der Waals surface area contributed by atoms with Gasteiger partial charge in [0.25, 0.3) is 0 Å². The Labute approximate surface area is 446 Å². The van der Waals surface area contributed by atoms with E-state index in [9.17, 15) is 14.4 Å². The van der Waals surface area contributed by atoms with Gasteiger partial charge in [-0.3, -0.25) is 14.4 Å². The first kappa shape index (κ1) is 68.8. The van der Waals surface area contributed by atoms with Crippen molar-refractivity contribution in [2.45, 2.75) is 316 Å². The predicted octanol–water partition coefficient (Wildman–Crippen LogP) is 20.9. The highest BCUT2D eigenvalue weighted by Gasteiger charge is 2.19. The van der Waals surface area contributed by atoms with Gasteiger partial charge in [-0.2, -0.15) is 0 Å². The second-order valence-electron chi connectivity index (χ2n) is 20.6. The molecule has 1 atom stereocenters. The highest BCUT2D eigenvalue weighted by molar-refractivity contribution is 5.71. The van der Waals surface area contributed by atoms with Gasteiger partial charge in [0.15, 0.2) is 6.10 Å². The number of allylic oxidation sites excluding steroid dienone is 12. The fourth-order valence-electron chi connectivity index (χ4n) is 8.82. The van der Waals surface area contributed by atoms with Crippen LogP contribution in [0.2, 0.25) is 0 Å². The van der Waals surface area contributed by atoms with E-state index in [0.29, 0.717) is 19.3 Å². The molecule has 0 rings (SSSR count). The fourth-order valence-corrected chi connectivity index (χ4v) is 8.82. The Balaban J connectivity index is 4.29. The smallest absolute Gasteiger partial charge is 0.306 e. The maximum Gasteiger partial charge on any atom is 0.306 e. The molecule has 0 heterocycles. The zero-order chi connectivity index (χ0) is 52.2. The second kappa shape index (κ2) is 60.4. The Kier molecular flexibility index (Phi) is 57.8. The molecule has 0 aliphatic rings. The molecule has 0 N–H and O–H groups in total. The molecule has 0 spiro atoms. The molecule has 0 saturated heterocycles. The molecule has 0 amide bonds. The number of carbonyl (C=O) groups excluding carboxylic acids is 3. The minimum absolute atomic E-state index is 0.0781. The lowest BCUT2D eigenvalue weighted by Crippen LogP contribution is -2.30. The van der Waals surface area contributed by atoms with Crippen molar-refractivity contribution in [3.05, 3.63) is 72.9 Å². The van der Waals surface area contributed by atoms with Gasteiger partial charge in [0.1, 0.15) is 13.2 Å². The van der Waals surface area contributed by atoms with Crippen LogP contribution in [0, 0.1) is 0 Å². The minimum atomic E-state index is -0.782. The maximum absolute atomic E-state index is 12.9. The number of carbonyl (C=O) groups is 3. The van der Waals surface area contributed by atoms with Gasteiger partial charge in [-0.1, -0.05) is 273 Å². The third-order valence-corrected chi connectivity index (χ3v) is 13.4. The first-order valence-electron chi connectivity index (χ1n) is 30.9. The number of hydrogen-bond acceptors (Lipinski definition) is 6. The zero-order valence-corrected chi connectivity index (χ0v) is 47.7. The Hall–Kier alpha value is -3.15. The standard InChI is InChI=1S/C66H116O6/c1-4-7-10-13-16-19-22-25-27-29-30-31-32-33-34-35-36-37-39-41-44-47-50-53-56-59-65(68)71-62-63(61-70-64(67)58-55-52-49-46-43-40-24-21-18-15-12-9-6-3)72-66(69)60-57-54-51-48-45-42-38-28-26-23-20-17-14-11-8-5-2/h7,10,16,19-20,23,25,27-28,30-31,38,63H,4-6,8-9,11-15,17-18,21-22,24,26,29,32-37,39-62H2,1-3H3/b10-7-,19-16-,23-20-,27-25-,31-30-,38-28-. The van der Waals surface area contributed by atoms with Crippen LogP contribution in [0.1, 0.15) is 310 Å². The lowest BCUT2D eigenvalue weighted by Gasteiger charge is -2.18. The van der Waals surface area contributed by atoms with Crippen LogP contribution in [-0.4, -0.2) is 37.2 Å². The van der Waals surface area contributed by atoms with Crippen molar-refractivity contribution in [2.24, 2.45) is 0 Å². The topological polar surface area (TPSA) is 78.9 Å². The van der Waals surface area contributed by atoms with Gasteiger partial charge in [-0.05, 0) is 89.9 Å². The van der Waals surface area contributed by atoms with Gasteiger partial charge in [-0.15, -0.1) is 0 Å². The van der Waals surface area contributed by atoms with Gasteiger partial charge in [-0.25, -0.2) is 0 Å². The summed E-state index contributed by atoms with van der Waals surface area (Å²) in [6.45, 7) is 6.53. The Morgan fingerprint density at radius 1 is 0.292 bits per heavy atom. The van der Waals surface area contributed by atoms with Gasteiger partial charge in [0, 0.05) is 19.3 Å². The minimum Gasteiger partial charge on any atom is -0.462 e. The van der Waals surface area contributed by atoms with Crippen molar-refractivity contribution < 1.29 is 28.6 Å². The van der Waals surface area contributed by atoms with E-state index in [4.69, 9.17) is 14.2 Å². The highest BCUT2D eigenvalue weighted by Crippen LogP contribution is 2.16. The fraction of sp³-hybridized carbons (Fsp3) is 0.773. The number of ether oxygens (including phenoxy) is 3. The molecular formula is C66H116O6. The molecule has 0 aromatic carbocycles. The van der Waals surface area contributed by atoms with Gasteiger partial charge in [0.2, 0.25) is 0 Å². The summed E-state index contributed by atoms with van der Waals surface area (Å²) in [5.41, 5.74) is 0. The van der Waals surface area contributed by atoms with Crippen molar-refractivity contribution in [1.82, 2.24) is 0 Å². The Bertz CT molecular complexity index is 1340. The zero-order valence-electron chi connectivity index (χ0n) is 47.7. The van der Waals surface area contributed by atoms with E-state index in [1.807, 2.05) is 0 Å². The van der Waals surface area contributed by atoms with Gasteiger partial charge < -0.3 is 14.2 Å². The van der Waals surface area contributed by atoms with Gasteiger partial charge in [0.05, 0.1) is 0 Å². The molecule has 0 radical (unpaired) electrons. The van der Waals surface area contributed by atoms with Crippen LogP contribution in [0.25, 0.3) is 0 Å². The molecular weight excluding hydrogens is 889 g/mol. The largest absolute Gasteiger partial charge is 0.462 e. The average Bonchev–Trinajstić information content (AvgIpc) is 3.38. The van der Waals surface area contributed by atoms with Crippen molar-refractivity contribution in [3.63, 3.8) is 0 Å². The quantitative estimate of drug-likeness (QED) is 0.0261. The summed E-state index contributed by atoms with van der Waals surface area (Å²) in [5, 5.41) is 0. The molecule has 6 nitrogen and oxygen atoms in total. The number of unbranched alkanes of at least 4 members (excludes halogenated alkanes) is 33. The van der Waals surface area contributed by atoms with Crippen LogP contribution in [0.15, 0.2) is 72.9 Å². The third-order valence-electron chi connectivity index (χ3n) is 13.4. The SMILES string of the molecule is CC/C=C\C/C=C\C/C=C\C/C=C\CCCCCCCCCCCCCCC(=O)OCC(COC(=O)CCCCCCCCCCCCCCC)OC(=O)CCCCCCC/C=C\C/C=C\CCCCCC. The molecule has 72 heavy (non-hydrogen) atoms. The summed E-state index contributed by atoms with van der Waals surface area (Å²) < 4.78 is 16.9. The van der Waals surface area contributed by atoms with Crippen molar-refractivity contribution in [2.75, 3.05) is 13.2 Å². The summed E-state index contributed by atoms with van der Waals surface area (Å²) in [4.78, 5) is 38.2. The van der Waals surface area contributed by atoms with Gasteiger partial charge >= 0.3 is 17.9 Å². The van der Waals surface area contributed by atoms with E-state index < -0.39 is 6.10 Å². The normalized spacial score (nSPS) is 12.5. The molecule has 0 aliphatic carbocycles. The maximum atomic E-state index is 12.9. The average molecular weight is 1010 g/mol. The Morgan fingerprint density at radius 3 is 0.861 bits per heavy atom. The summed E-state index contributed by atoms with van der Waals surface area (Å²) in [6, 6.07) is 0. The van der Waals surface area contributed by atoms with Crippen LogP contribution in [-0.2, 0) is 28.6 Å². The first-order chi connectivity index (χ1) is 35.5. The van der Waals surface area contributed by atoms with Crippen molar-refractivity contribution in [3.8, 4) is 0 Å². The van der Waals surface area contributed by atoms with Crippen LogP contribution in [0.3, 0.4) is 0 Å². The molecule has 0 saturated carbocycles. The lowest BCUT2D eigenvalue weighted by molar-refractivity contribution is -0.167. The highest BCUT2D eigenvalue weighted by atomic mass is 16.6. The van der Waals surface area contributed by atoms with Crippen molar-refractivity contribution in [1.29, 1.82) is 0 Å². The van der Waals surface area contributed by atoms with Crippen LogP contribution in [0.4, 0.5) is 0 Å². The molecule has 1 unspecified atom stereocenters. The third kappa shape index (κ3) is 57.7. The Morgan fingerprint density at radius 2 is 0.542 bits per heavy atom. The van der Waals surface area contributed by atoms with Crippen LogP contribution >= 0.6 is 0 Å². The number of rotatable bonds is 56. The lowest BCUT2D eigenvalue weighted by atomic mass is 10.0. The molecule has 0 aromatic rings. The molecule has 0 aliphatic heterocycles. The monoisotopic (exact) mass is 1000 g/mol. The molecule has 6 heteroatoms. The number of esters is 3. The molecule has 0 bridgehead atoms. The first-order valence-corrected chi connectivity index (χ1v) is 30.9. The van der Waals surface area contributed by atoms with Crippen LogP contribution in [0.5, 0.6) is 0 Å². The molecule has 0 fully saturated rings. The summed E-state index contributed by atoms with van der Waals surface area (Å²) in [7, 11) is 0. The van der Waals surface area contributed by atoms with E-state index in [0.717, 1.165) is 109 Å². The molecule has 0 aromatic heterocycles.